The summed E-state index contributed by atoms with van der Waals surface area (Å²) in [5, 5.41) is 6.30. The van der Waals surface area contributed by atoms with Crippen molar-refractivity contribution in [3.05, 3.63) is 71.8 Å². The molecule has 0 radical (unpaired) electrons. The summed E-state index contributed by atoms with van der Waals surface area (Å²) < 4.78 is 0. The van der Waals surface area contributed by atoms with Crippen LogP contribution in [0, 0.1) is 0 Å². The van der Waals surface area contributed by atoms with Crippen LogP contribution in [0.2, 0.25) is 0 Å². The number of hydrogen-bond acceptors (Lipinski definition) is 2. The molecule has 0 spiro atoms. The highest BCUT2D eigenvalue weighted by molar-refractivity contribution is 5.79. The number of carbonyl (C=O) groups is 1. The molecule has 20 heavy (non-hydrogen) atoms. The van der Waals surface area contributed by atoms with Crippen molar-refractivity contribution in [3.63, 3.8) is 0 Å². The van der Waals surface area contributed by atoms with Gasteiger partial charge < -0.3 is 10.6 Å². The van der Waals surface area contributed by atoms with E-state index in [9.17, 15) is 4.79 Å². The number of nitrogens with one attached hydrogen (secondary N) is 2. The second kappa shape index (κ2) is 5.88. The fourth-order valence-corrected chi connectivity index (χ4v) is 2.83. The van der Waals surface area contributed by atoms with Crippen LogP contribution in [-0.4, -0.2) is 25.0 Å². The number of amides is 1. The predicted molar refractivity (Wildman–Crippen MR) is 79.5 cm³/mol. The van der Waals surface area contributed by atoms with E-state index in [0.717, 1.165) is 6.54 Å². The number of benzene rings is 2. The highest BCUT2D eigenvalue weighted by Crippen LogP contribution is 2.28. The molecule has 1 fully saturated rings. The van der Waals surface area contributed by atoms with Gasteiger partial charge >= 0.3 is 0 Å². The summed E-state index contributed by atoms with van der Waals surface area (Å²) in [5.41, 5.74) is 2.46. The van der Waals surface area contributed by atoms with Crippen molar-refractivity contribution in [1.29, 1.82) is 0 Å². The number of carbonyl (C=O) groups excluding carboxylic acids is 1. The van der Waals surface area contributed by atoms with Crippen molar-refractivity contribution in [1.82, 2.24) is 10.6 Å². The molecular formula is C17H18N2O. The zero-order valence-electron chi connectivity index (χ0n) is 11.3. The minimum absolute atomic E-state index is 0.0677. The Balaban J connectivity index is 1.97. The molecule has 0 aliphatic carbocycles. The van der Waals surface area contributed by atoms with E-state index in [1.54, 1.807) is 0 Å². The fraction of sp³-hybridized carbons (Fsp3) is 0.235. The van der Waals surface area contributed by atoms with Gasteiger partial charge in [0, 0.05) is 12.5 Å². The zero-order chi connectivity index (χ0) is 13.8. The number of rotatable bonds is 3. The van der Waals surface area contributed by atoms with Gasteiger partial charge in [-0.2, -0.15) is 0 Å². The van der Waals surface area contributed by atoms with Gasteiger partial charge in [-0.05, 0) is 11.1 Å². The maximum Gasteiger partial charge on any atom is 0.234 e. The lowest BCUT2D eigenvalue weighted by atomic mass is 9.84. The van der Waals surface area contributed by atoms with E-state index in [2.05, 4.69) is 34.9 Å². The molecule has 1 saturated heterocycles. The lowest BCUT2D eigenvalue weighted by Crippen LogP contribution is -2.54. The maximum absolute atomic E-state index is 11.7. The van der Waals surface area contributed by atoms with Crippen molar-refractivity contribution in [2.75, 3.05) is 13.1 Å². The van der Waals surface area contributed by atoms with Crippen LogP contribution in [0.25, 0.3) is 0 Å². The average molecular weight is 266 g/mol. The largest absolute Gasteiger partial charge is 0.350 e. The molecule has 1 amide bonds. The highest BCUT2D eigenvalue weighted by Gasteiger charge is 2.28. The Morgan fingerprint density at radius 1 is 0.900 bits per heavy atom. The lowest BCUT2D eigenvalue weighted by Gasteiger charge is -2.32. The number of piperazine rings is 1. The Labute approximate surface area is 119 Å². The van der Waals surface area contributed by atoms with Crippen LogP contribution >= 0.6 is 0 Å². The van der Waals surface area contributed by atoms with Crippen LogP contribution < -0.4 is 10.6 Å². The minimum Gasteiger partial charge on any atom is -0.350 e. The molecule has 0 bridgehead atoms. The van der Waals surface area contributed by atoms with E-state index in [-0.39, 0.29) is 17.9 Å². The van der Waals surface area contributed by atoms with E-state index in [1.165, 1.54) is 11.1 Å². The molecule has 1 aliphatic rings. The lowest BCUT2D eigenvalue weighted by molar-refractivity contribution is -0.122. The fourth-order valence-electron chi connectivity index (χ4n) is 2.83. The Hall–Kier alpha value is -2.13. The molecule has 0 saturated carbocycles. The molecule has 102 valence electrons. The van der Waals surface area contributed by atoms with Crippen LogP contribution in [0.1, 0.15) is 17.0 Å². The predicted octanol–water partition coefficient (Wildman–Crippen LogP) is 1.91. The first-order valence-corrected chi connectivity index (χ1v) is 6.94. The van der Waals surface area contributed by atoms with Crippen LogP contribution in [-0.2, 0) is 4.79 Å². The van der Waals surface area contributed by atoms with Crippen molar-refractivity contribution >= 4 is 5.91 Å². The molecular weight excluding hydrogens is 248 g/mol. The van der Waals surface area contributed by atoms with Gasteiger partial charge in [0.05, 0.1) is 12.6 Å². The summed E-state index contributed by atoms with van der Waals surface area (Å²) in [5.74, 6) is 0.243. The third-order valence-electron chi connectivity index (χ3n) is 3.72. The van der Waals surface area contributed by atoms with E-state index >= 15 is 0 Å². The van der Waals surface area contributed by atoms with Gasteiger partial charge in [0.2, 0.25) is 5.91 Å². The van der Waals surface area contributed by atoms with Gasteiger partial charge in [0.15, 0.2) is 0 Å². The molecule has 1 atom stereocenters. The summed E-state index contributed by atoms with van der Waals surface area (Å²) in [6.07, 6.45) is 0. The van der Waals surface area contributed by atoms with Crippen LogP contribution in [0.3, 0.4) is 0 Å². The van der Waals surface area contributed by atoms with E-state index < -0.39 is 0 Å². The zero-order valence-corrected chi connectivity index (χ0v) is 11.3. The van der Waals surface area contributed by atoms with Crippen molar-refractivity contribution in [2.24, 2.45) is 0 Å². The Bertz CT molecular complexity index is 529. The molecule has 2 aromatic carbocycles. The van der Waals surface area contributed by atoms with Gasteiger partial charge in [0.1, 0.15) is 0 Å². The average Bonchev–Trinajstić information content (AvgIpc) is 2.50. The quantitative estimate of drug-likeness (QED) is 0.891. The topological polar surface area (TPSA) is 41.1 Å². The smallest absolute Gasteiger partial charge is 0.234 e. The minimum atomic E-state index is 0.0677. The summed E-state index contributed by atoms with van der Waals surface area (Å²) in [4.78, 5) is 11.7. The van der Waals surface area contributed by atoms with Gasteiger partial charge in [-0.15, -0.1) is 0 Å². The third kappa shape index (κ3) is 2.73. The first-order valence-electron chi connectivity index (χ1n) is 6.94. The van der Waals surface area contributed by atoms with E-state index in [1.807, 2.05) is 36.4 Å². The Kier molecular flexibility index (Phi) is 3.79. The molecule has 3 nitrogen and oxygen atoms in total. The number of hydrogen-bond donors (Lipinski definition) is 2. The monoisotopic (exact) mass is 266 g/mol. The normalized spacial score (nSPS) is 18.9. The Morgan fingerprint density at radius 3 is 1.95 bits per heavy atom. The van der Waals surface area contributed by atoms with Crippen molar-refractivity contribution < 1.29 is 4.79 Å². The van der Waals surface area contributed by atoms with Gasteiger partial charge in [-0.1, -0.05) is 60.7 Å². The van der Waals surface area contributed by atoms with Gasteiger partial charge in [0.25, 0.3) is 0 Å². The maximum atomic E-state index is 11.7. The van der Waals surface area contributed by atoms with Gasteiger partial charge in [-0.3, -0.25) is 4.79 Å². The molecule has 2 N–H and O–H groups in total. The molecule has 1 aliphatic heterocycles. The summed E-state index contributed by atoms with van der Waals surface area (Å²) >= 11 is 0. The molecule has 1 heterocycles. The Morgan fingerprint density at radius 2 is 1.45 bits per heavy atom. The second-order valence-electron chi connectivity index (χ2n) is 5.10. The summed E-state index contributed by atoms with van der Waals surface area (Å²) in [7, 11) is 0. The van der Waals surface area contributed by atoms with Crippen LogP contribution in [0.5, 0.6) is 0 Å². The van der Waals surface area contributed by atoms with Gasteiger partial charge in [-0.25, -0.2) is 0 Å². The van der Waals surface area contributed by atoms with Crippen molar-refractivity contribution in [2.45, 2.75) is 12.0 Å². The van der Waals surface area contributed by atoms with E-state index in [0.29, 0.717) is 6.54 Å². The van der Waals surface area contributed by atoms with Crippen LogP contribution in [0.15, 0.2) is 60.7 Å². The molecule has 1 unspecified atom stereocenters. The summed E-state index contributed by atoms with van der Waals surface area (Å²) in [6, 6.07) is 20.8. The third-order valence-corrected chi connectivity index (χ3v) is 3.72. The summed E-state index contributed by atoms with van der Waals surface area (Å²) in [6.45, 7) is 1.20. The molecule has 2 aromatic rings. The SMILES string of the molecule is O=C1CNCC(C(c2ccccc2)c2ccccc2)N1. The second-order valence-corrected chi connectivity index (χ2v) is 5.10. The first kappa shape index (κ1) is 12.9. The van der Waals surface area contributed by atoms with Crippen molar-refractivity contribution in [3.8, 4) is 0 Å². The molecule has 3 heteroatoms. The first-order chi connectivity index (χ1) is 9.84. The van der Waals surface area contributed by atoms with E-state index in [4.69, 9.17) is 0 Å². The standard InChI is InChI=1S/C17H18N2O/c20-16-12-18-11-15(19-16)17(13-7-3-1-4-8-13)14-9-5-2-6-10-14/h1-10,15,17-18H,11-12H2,(H,19,20). The molecule has 0 aromatic heterocycles. The molecule has 3 rings (SSSR count). The van der Waals surface area contributed by atoms with Crippen LogP contribution in [0.4, 0.5) is 0 Å². The highest BCUT2D eigenvalue weighted by atomic mass is 16.2.